The zero-order valence-corrected chi connectivity index (χ0v) is 15.9. The van der Waals surface area contributed by atoms with E-state index in [2.05, 4.69) is 25.4 Å². The number of hydrogen-bond donors (Lipinski definition) is 2. The highest BCUT2D eigenvalue weighted by Gasteiger charge is 2.13. The second-order valence-electron chi connectivity index (χ2n) is 6.48. The number of benzene rings is 1. The Morgan fingerprint density at radius 2 is 1.96 bits per heavy atom. The maximum atomic E-state index is 12.4. The molecule has 0 unspecified atom stereocenters. The molecule has 4 rings (SSSR count). The minimum atomic E-state index is -0.218. The maximum absolute atomic E-state index is 12.4. The molecule has 1 aliphatic heterocycles. The first kappa shape index (κ1) is 18.5. The van der Waals surface area contributed by atoms with Gasteiger partial charge in [-0.1, -0.05) is 29.8 Å². The summed E-state index contributed by atoms with van der Waals surface area (Å²) in [4.78, 5) is 19.1. The summed E-state index contributed by atoms with van der Waals surface area (Å²) in [6.45, 7) is 3.53. The molecule has 144 valence electrons. The maximum Gasteiger partial charge on any atom is 0.269 e. The summed E-state index contributed by atoms with van der Waals surface area (Å²) >= 11 is 5.90. The van der Waals surface area contributed by atoms with Crippen LogP contribution in [0.4, 0.5) is 5.82 Å². The number of carbonyl (C=O) groups is 1. The highest BCUT2D eigenvalue weighted by Crippen LogP contribution is 2.20. The van der Waals surface area contributed by atoms with E-state index < -0.39 is 0 Å². The largest absolute Gasteiger partial charge is 0.378 e. The first-order valence-electron chi connectivity index (χ1n) is 9.06. The molecule has 28 heavy (non-hydrogen) atoms. The summed E-state index contributed by atoms with van der Waals surface area (Å²) in [6.07, 6.45) is 1.79. The van der Waals surface area contributed by atoms with Crippen molar-refractivity contribution < 1.29 is 9.53 Å². The smallest absolute Gasteiger partial charge is 0.269 e. The predicted molar refractivity (Wildman–Crippen MR) is 107 cm³/mol. The minimum absolute atomic E-state index is 0.218. The van der Waals surface area contributed by atoms with E-state index >= 15 is 0 Å². The summed E-state index contributed by atoms with van der Waals surface area (Å²) in [7, 11) is 0. The van der Waals surface area contributed by atoms with Crippen LogP contribution in [0.15, 0.2) is 48.7 Å². The molecule has 0 spiro atoms. The molecule has 0 bridgehead atoms. The molecule has 2 N–H and O–H groups in total. The van der Waals surface area contributed by atoms with Crippen molar-refractivity contribution in [1.29, 1.82) is 0 Å². The monoisotopic (exact) mass is 397 g/mol. The normalized spacial score (nSPS) is 14.1. The number of morpholine rings is 1. The molecule has 1 saturated heterocycles. The van der Waals surface area contributed by atoms with Crippen molar-refractivity contribution in [2.24, 2.45) is 0 Å². The van der Waals surface area contributed by atoms with Gasteiger partial charge in [0, 0.05) is 36.4 Å². The number of nitrogens with one attached hydrogen (secondary N) is 2. The van der Waals surface area contributed by atoms with E-state index in [1.165, 1.54) is 0 Å². The number of carbonyl (C=O) groups excluding carboxylic acids is 1. The topological polar surface area (TPSA) is 83.1 Å². The van der Waals surface area contributed by atoms with E-state index in [0.29, 0.717) is 23.0 Å². The summed E-state index contributed by atoms with van der Waals surface area (Å²) in [5, 5.41) is 10.5. The molecule has 1 amide bonds. The standard InChI is InChI=1S/C20H20ClN5O2/c21-16-4-2-15(3-5-16)17-11-18(25-24-17)20(27)23-13-14-1-6-19(22-12-14)26-7-9-28-10-8-26/h1-6,11-12H,7-10,13H2,(H,23,27)(H,24,25). The SMILES string of the molecule is O=C(NCc1ccc(N2CCOCC2)nc1)c1cc(-c2ccc(Cl)cc2)n[nH]1. The van der Waals surface area contributed by atoms with Crippen LogP contribution in [0.5, 0.6) is 0 Å². The van der Waals surface area contributed by atoms with Crippen LogP contribution in [0.3, 0.4) is 0 Å². The lowest BCUT2D eigenvalue weighted by Gasteiger charge is -2.27. The van der Waals surface area contributed by atoms with Gasteiger partial charge in [-0.15, -0.1) is 0 Å². The Bertz CT molecular complexity index is 934. The number of aromatic amines is 1. The zero-order valence-electron chi connectivity index (χ0n) is 15.2. The number of hydrogen-bond acceptors (Lipinski definition) is 5. The molecule has 2 aromatic heterocycles. The van der Waals surface area contributed by atoms with Crippen molar-refractivity contribution >= 4 is 23.3 Å². The first-order chi connectivity index (χ1) is 13.7. The number of nitrogens with zero attached hydrogens (tertiary/aromatic N) is 3. The Balaban J connectivity index is 1.34. The van der Waals surface area contributed by atoms with Crippen molar-refractivity contribution in [1.82, 2.24) is 20.5 Å². The fraction of sp³-hybridized carbons (Fsp3) is 0.250. The van der Waals surface area contributed by atoms with Crippen LogP contribution in [-0.2, 0) is 11.3 Å². The van der Waals surface area contributed by atoms with Gasteiger partial charge in [0.25, 0.3) is 5.91 Å². The number of aromatic nitrogens is 3. The average molecular weight is 398 g/mol. The summed E-state index contributed by atoms with van der Waals surface area (Å²) in [5.41, 5.74) is 2.92. The van der Waals surface area contributed by atoms with Crippen LogP contribution in [0.2, 0.25) is 5.02 Å². The number of halogens is 1. The molecule has 7 nitrogen and oxygen atoms in total. The number of anilines is 1. The number of rotatable bonds is 5. The highest BCUT2D eigenvalue weighted by molar-refractivity contribution is 6.30. The van der Waals surface area contributed by atoms with Crippen molar-refractivity contribution in [2.75, 3.05) is 31.2 Å². The number of ether oxygens (including phenoxy) is 1. The lowest BCUT2D eigenvalue weighted by atomic mass is 10.1. The highest BCUT2D eigenvalue weighted by atomic mass is 35.5. The second-order valence-corrected chi connectivity index (χ2v) is 6.92. The van der Waals surface area contributed by atoms with Crippen LogP contribution >= 0.6 is 11.6 Å². The number of amides is 1. The van der Waals surface area contributed by atoms with Crippen LogP contribution in [0.1, 0.15) is 16.1 Å². The van der Waals surface area contributed by atoms with E-state index in [9.17, 15) is 4.79 Å². The van der Waals surface area contributed by atoms with Gasteiger partial charge in [-0.2, -0.15) is 5.10 Å². The fourth-order valence-corrected chi connectivity index (χ4v) is 3.11. The molecule has 1 aromatic carbocycles. The molecule has 0 aliphatic carbocycles. The second kappa shape index (κ2) is 8.41. The third-order valence-corrected chi connectivity index (χ3v) is 4.81. The molecule has 8 heteroatoms. The summed E-state index contributed by atoms with van der Waals surface area (Å²) in [6, 6.07) is 13.0. The van der Waals surface area contributed by atoms with Gasteiger partial charge < -0.3 is 15.0 Å². The number of pyridine rings is 1. The van der Waals surface area contributed by atoms with Gasteiger partial charge in [0.1, 0.15) is 11.5 Å². The molecule has 3 heterocycles. The third-order valence-electron chi connectivity index (χ3n) is 4.56. The van der Waals surface area contributed by atoms with E-state index in [0.717, 1.165) is 43.2 Å². The molecule has 3 aromatic rings. The Hall–Kier alpha value is -2.90. The molecule has 0 radical (unpaired) electrons. The van der Waals surface area contributed by atoms with Gasteiger partial charge in [-0.25, -0.2) is 4.98 Å². The molecule has 0 atom stereocenters. The van der Waals surface area contributed by atoms with Crippen LogP contribution in [-0.4, -0.2) is 47.4 Å². The van der Waals surface area contributed by atoms with Gasteiger partial charge in [0.15, 0.2) is 0 Å². The first-order valence-corrected chi connectivity index (χ1v) is 9.44. The lowest BCUT2D eigenvalue weighted by Crippen LogP contribution is -2.36. The van der Waals surface area contributed by atoms with Crippen molar-refractivity contribution in [3.63, 3.8) is 0 Å². The van der Waals surface area contributed by atoms with Crippen LogP contribution in [0.25, 0.3) is 11.3 Å². The van der Waals surface area contributed by atoms with Crippen LogP contribution < -0.4 is 10.2 Å². The van der Waals surface area contributed by atoms with E-state index in [1.54, 1.807) is 24.4 Å². The van der Waals surface area contributed by atoms with E-state index in [4.69, 9.17) is 16.3 Å². The van der Waals surface area contributed by atoms with Gasteiger partial charge in [0.2, 0.25) is 0 Å². The van der Waals surface area contributed by atoms with Gasteiger partial charge in [-0.3, -0.25) is 9.89 Å². The van der Waals surface area contributed by atoms with Crippen LogP contribution in [0, 0.1) is 0 Å². The van der Waals surface area contributed by atoms with E-state index in [1.807, 2.05) is 24.3 Å². The van der Waals surface area contributed by atoms with Gasteiger partial charge >= 0.3 is 0 Å². The predicted octanol–water partition coefficient (Wildman–Crippen LogP) is 2.89. The quantitative estimate of drug-likeness (QED) is 0.691. The Morgan fingerprint density at radius 3 is 2.68 bits per heavy atom. The Morgan fingerprint density at radius 1 is 1.18 bits per heavy atom. The average Bonchev–Trinajstić information content (AvgIpc) is 3.24. The Labute approximate surface area is 167 Å². The van der Waals surface area contributed by atoms with Crippen molar-refractivity contribution in [3.8, 4) is 11.3 Å². The molecular formula is C20H20ClN5O2. The summed E-state index contributed by atoms with van der Waals surface area (Å²) in [5.74, 6) is 0.713. The minimum Gasteiger partial charge on any atom is -0.378 e. The van der Waals surface area contributed by atoms with E-state index in [-0.39, 0.29) is 5.91 Å². The zero-order chi connectivity index (χ0) is 19.3. The Kier molecular flexibility index (Phi) is 5.55. The molecular weight excluding hydrogens is 378 g/mol. The van der Waals surface area contributed by atoms with Gasteiger partial charge in [0.05, 0.1) is 18.9 Å². The molecule has 0 saturated carbocycles. The summed E-state index contributed by atoms with van der Waals surface area (Å²) < 4.78 is 5.36. The van der Waals surface area contributed by atoms with Crippen molar-refractivity contribution in [3.05, 3.63) is 64.9 Å². The lowest BCUT2D eigenvalue weighted by molar-refractivity contribution is 0.0946. The number of H-pyrrole nitrogens is 1. The fourth-order valence-electron chi connectivity index (χ4n) is 2.98. The van der Waals surface area contributed by atoms with Crippen molar-refractivity contribution in [2.45, 2.75) is 6.54 Å². The third kappa shape index (κ3) is 4.32. The molecule has 1 aliphatic rings. The molecule has 1 fully saturated rings. The van der Waals surface area contributed by atoms with Gasteiger partial charge in [-0.05, 0) is 29.8 Å².